The van der Waals surface area contributed by atoms with Crippen molar-refractivity contribution in [3.63, 3.8) is 0 Å². The maximum Gasteiger partial charge on any atom is 0.0602 e. The fourth-order valence-corrected chi connectivity index (χ4v) is 0.801. The highest BCUT2D eigenvalue weighted by Gasteiger charge is 1.91. The van der Waals surface area contributed by atoms with Gasteiger partial charge in [0, 0.05) is 12.4 Å². The standard InChI is InChI=1S/C8H18ClNO/c1-8(2)7-10-4-6-11-5-3-9/h8,10H,3-7H2,1-2H3. The van der Waals surface area contributed by atoms with Gasteiger partial charge in [-0.2, -0.15) is 0 Å². The summed E-state index contributed by atoms with van der Waals surface area (Å²) >= 11 is 5.42. The Bertz CT molecular complexity index is 78.5. The number of nitrogens with one attached hydrogen (secondary N) is 1. The van der Waals surface area contributed by atoms with E-state index in [0.717, 1.165) is 19.7 Å². The molecule has 0 atom stereocenters. The van der Waals surface area contributed by atoms with Crippen LogP contribution in [0.25, 0.3) is 0 Å². The highest BCUT2D eigenvalue weighted by Crippen LogP contribution is 1.86. The Morgan fingerprint density at radius 1 is 1.36 bits per heavy atom. The predicted octanol–water partition coefficient (Wildman–Crippen LogP) is 1.49. The molecule has 2 nitrogen and oxygen atoms in total. The zero-order valence-corrected chi connectivity index (χ0v) is 8.16. The molecule has 0 bridgehead atoms. The van der Waals surface area contributed by atoms with Gasteiger partial charge in [0.15, 0.2) is 0 Å². The summed E-state index contributed by atoms with van der Waals surface area (Å²) < 4.78 is 5.17. The van der Waals surface area contributed by atoms with Crippen LogP contribution in [0.4, 0.5) is 0 Å². The van der Waals surface area contributed by atoms with Gasteiger partial charge in [0.05, 0.1) is 13.2 Å². The number of hydrogen-bond donors (Lipinski definition) is 1. The van der Waals surface area contributed by atoms with Gasteiger partial charge in [-0.25, -0.2) is 0 Å². The molecule has 0 heterocycles. The van der Waals surface area contributed by atoms with Crippen LogP contribution >= 0.6 is 11.6 Å². The quantitative estimate of drug-likeness (QED) is 0.473. The zero-order valence-electron chi connectivity index (χ0n) is 7.40. The zero-order chi connectivity index (χ0) is 8.53. The Morgan fingerprint density at radius 3 is 2.64 bits per heavy atom. The number of hydrogen-bond acceptors (Lipinski definition) is 2. The summed E-state index contributed by atoms with van der Waals surface area (Å²) in [5, 5.41) is 3.28. The lowest BCUT2D eigenvalue weighted by atomic mass is 10.2. The summed E-state index contributed by atoms with van der Waals surface area (Å²) in [6.07, 6.45) is 0. The second-order valence-corrected chi connectivity index (χ2v) is 3.28. The molecule has 0 saturated carbocycles. The predicted molar refractivity (Wildman–Crippen MR) is 49.2 cm³/mol. The molecule has 68 valence electrons. The molecule has 0 aromatic rings. The molecule has 0 rings (SSSR count). The molecule has 0 saturated heterocycles. The van der Waals surface area contributed by atoms with Crippen molar-refractivity contribution >= 4 is 11.6 Å². The third kappa shape index (κ3) is 10.2. The smallest absolute Gasteiger partial charge is 0.0602 e. The summed E-state index contributed by atoms with van der Waals surface area (Å²) in [6, 6.07) is 0. The second kappa shape index (κ2) is 8.31. The molecule has 3 heteroatoms. The van der Waals surface area contributed by atoms with Crippen molar-refractivity contribution in [2.24, 2.45) is 5.92 Å². The van der Waals surface area contributed by atoms with Crippen LogP contribution in [-0.2, 0) is 4.74 Å². The van der Waals surface area contributed by atoms with Crippen LogP contribution in [-0.4, -0.2) is 32.2 Å². The maximum absolute atomic E-state index is 5.42. The fraction of sp³-hybridized carbons (Fsp3) is 1.00. The lowest BCUT2D eigenvalue weighted by Crippen LogP contribution is -2.24. The first-order valence-electron chi connectivity index (χ1n) is 4.11. The molecule has 0 amide bonds. The van der Waals surface area contributed by atoms with E-state index in [1.165, 1.54) is 0 Å². The van der Waals surface area contributed by atoms with Gasteiger partial charge in [0.25, 0.3) is 0 Å². The van der Waals surface area contributed by atoms with E-state index in [1.807, 2.05) is 0 Å². The van der Waals surface area contributed by atoms with E-state index >= 15 is 0 Å². The molecule has 0 aromatic carbocycles. The molecule has 0 fully saturated rings. The molecule has 11 heavy (non-hydrogen) atoms. The Labute approximate surface area is 74.3 Å². The van der Waals surface area contributed by atoms with Crippen molar-refractivity contribution in [1.82, 2.24) is 5.32 Å². The van der Waals surface area contributed by atoms with Crippen LogP contribution < -0.4 is 5.32 Å². The average Bonchev–Trinajstić information content (AvgIpc) is 1.96. The Kier molecular flexibility index (Phi) is 8.47. The molecular weight excluding hydrogens is 162 g/mol. The van der Waals surface area contributed by atoms with Gasteiger partial charge in [0.1, 0.15) is 0 Å². The SMILES string of the molecule is CC(C)CNCCOCCCl. The van der Waals surface area contributed by atoms with Crippen molar-refractivity contribution in [2.75, 3.05) is 32.2 Å². The summed E-state index contributed by atoms with van der Waals surface area (Å²) in [5.41, 5.74) is 0. The average molecular weight is 180 g/mol. The van der Waals surface area contributed by atoms with Gasteiger partial charge < -0.3 is 10.1 Å². The second-order valence-electron chi connectivity index (χ2n) is 2.90. The van der Waals surface area contributed by atoms with Crippen LogP contribution in [0.3, 0.4) is 0 Å². The molecule has 0 aliphatic heterocycles. The van der Waals surface area contributed by atoms with Crippen molar-refractivity contribution < 1.29 is 4.74 Å². The van der Waals surface area contributed by atoms with Crippen LogP contribution in [0.5, 0.6) is 0 Å². The van der Waals surface area contributed by atoms with Crippen molar-refractivity contribution in [1.29, 1.82) is 0 Å². The monoisotopic (exact) mass is 179 g/mol. The minimum Gasteiger partial charge on any atom is -0.379 e. The summed E-state index contributed by atoms with van der Waals surface area (Å²) in [5.74, 6) is 1.30. The topological polar surface area (TPSA) is 21.3 Å². The lowest BCUT2D eigenvalue weighted by Gasteiger charge is -2.06. The molecule has 0 aliphatic carbocycles. The molecule has 0 radical (unpaired) electrons. The number of rotatable bonds is 7. The first-order valence-corrected chi connectivity index (χ1v) is 4.65. The molecule has 0 aromatic heterocycles. The third-order valence-corrected chi connectivity index (χ3v) is 1.35. The van der Waals surface area contributed by atoms with Crippen LogP contribution in [0, 0.1) is 5.92 Å². The molecule has 1 N–H and O–H groups in total. The third-order valence-electron chi connectivity index (χ3n) is 1.20. The molecule has 0 unspecified atom stereocenters. The van der Waals surface area contributed by atoms with Gasteiger partial charge in [-0.3, -0.25) is 0 Å². The van der Waals surface area contributed by atoms with Crippen molar-refractivity contribution in [3.05, 3.63) is 0 Å². The maximum atomic E-state index is 5.42. The van der Waals surface area contributed by atoms with Crippen LogP contribution in [0.2, 0.25) is 0 Å². The Balaban J connectivity index is 2.80. The summed E-state index contributed by atoms with van der Waals surface area (Å²) in [4.78, 5) is 0. The van der Waals surface area contributed by atoms with E-state index in [0.29, 0.717) is 18.4 Å². The van der Waals surface area contributed by atoms with Gasteiger partial charge in [-0.05, 0) is 12.5 Å². The van der Waals surface area contributed by atoms with E-state index in [2.05, 4.69) is 19.2 Å². The number of alkyl halides is 1. The first kappa shape index (κ1) is 11.2. The number of ether oxygens (including phenoxy) is 1. The summed E-state index contributed by atoms with van der Waals surface area (Å²) in [7, 11) is 0. The highest BCUT2D eigenvalue weighted by molar-refractivity contribution is 6.17. The Morgan fingerprint density at radius 2 is 2.09 bits per heavy atom. The van der Waals surface area contributed by atoms with Gasteiger partial charge >= 0.3 is 0 Å². The van der Waals surface area contributed by atoms with E-state index in [1.54, 1.807) is 0 Å². The number of halogens is 1. The minimum atomic E-state index is 0.587. The van der Waals surface area contributed by atoms with E-state index in [9.17, 15) is 0 Å². The normalized spacial score (nSPS) is 10.9. The minimum absolute atomic E-state index is 0.587. The largest absolute Gasteiger partial charge is 0.379 e. The highest BCUT2D eigenvalue weighted by atomic mass is 35.5. The van der Waals surface area contributed by atoms with E-state index < -0.39 is 0 Å². The van der Waals surface area contributed by atoms with E-state index in [4.69, 9.17) is 16.3 Å². The van der Waals surface area contributed by atoms with Gasteiger partial charge in [-0.1, -0.05) is 13.8 Å². The van der Waals surface area contributed by atoms with Crippen LogP contribution in [0.1, 0.15) is 13.8 Å². The van der Waals surface area contributed by atoms with Crippen molar-refractivity contribution in [2.45, 2.75) is 13.8 Å². The lowest BCUT2D eigenvalue weighted by molar-refractivity contribution is 0.150. The Hall–Kier alpha value is 0.210. The molecule has 0 aliphatic rings. The van der Waals surface area contributed by atoms with Crippen LogP contribution in [0.15, 0.2) is 0 Å². The fourth-order valence-electron chi connectivity index (χ4n) is 0.692. The van der Waals surface area contributed by atoms with Gasteiger partial charge in [-0.15, -0.1) is 11.6 Å². The molecular formula is C8H18ClNO. The van der Waals surface area contributed by atoms with Crippen molar-refractivity contribution in [3.8, 4) is 0 Å². The van der Waals surface area contributed by atoms with E-state index in [-0.39, 0.29) is 0 Å². The first-order chi connectivity index (χ1) is 5.27. The van der Waals surface area contributed by atoms with Gasteiger partial charge in [0.2, 0.25) is 0 Å². The summed E-state index contributed by atoms with van der Waals surface area (Å²) in [6.45, 7) is 7.78. The molecule has 0 spiro atoms.